The number of guanidine groups is 1. The molecule has 0 fully saturated rings. The summed E-state index contributed by atoms with van der Waals surface area (Å²) in [4.78, 5) is 11.0. The van der Waals surface area contributed by atoms with Crippen molar-refractivity contribution >= 4 is 29.9 Å². The summed E-state index contributed by atoms with van der Waals surface area (Å²) < 4.78 is 1.82. The second-order valence-electron chi connectivity index (χ2n) is 6.42. The van der Waals surface area contributed by atoms with Crippen LogP contribution < -0.4 is 5.32 Å². The van der Waals surface area contributed by atoms with Gasteiger partial charge < -0.3 is 10.2 Å². The van der Waals surface area contributed by atoms with Crippen LogP contribution in [0.2, 0.25) is 0 Å². The van der Waals surface area contributed by atoms with Crippen LogP contribution in [-0.4, -0.2) is 39.2 Å². The minimum absolute atomic E-state index is 0. The van der Waals surface area contributed by atoms with Gasteiger partial charge in [0.05, 0.1) is 13.1 Å². The van der Waals surface area contributed by atoms with Gasteiger partial charge in [-0.15, -0.1) is 24.0 Å². The van der Waals surface area contributed by atoms with Crippen LogP contribution in [0, 0.1) is 0 Å². The smallest absolute Gasteiger partial charge is 0.194 e. The molecule has 1 N–H and O–H groups in total. The van der Waals surface area contributed by atoms with Crippen LogP contribution in [0.25, 0.3) is 0 Å². The lowest BCUT2D eigenvalue weighted by Crippen LogP contribution is -2.38. The molecule has 0 atom stereocenters. The van der Waals surface area contributed by atoms with E-state index in [4.69, 9.17) is 4.99 Å². The quantitative estimate of drug-likeness (QED) is 0.313. The fourth-order valence-corrected chi connectivity index (χ4v) is 2.90. The summed E-state index contributed by atoms with van der Waals surface area (Å²) in [6.07, 6.45) is 3.28. The van der Waals surface area contributed by atoms with Gasteiger partial charge in [0.25, 0.3) is 0 Å². The lowest BCUT2D eigenvalue weighted by atomic mass is 10.1. The van der Waals surface area contributed by atoms with E-state index < -0.39 is 0 Å². The summed E-state index contributed by atoms with van der Waals surface area (Å²) in [6.45, 7) is 5.09. The first-order valence-corrected chi connectivity index (χ1v) is 9.18. The third-order valence-electron chi connectivity index (χ3n) is 4.17. The van der Waals surface area contributed by atoms with Gasteiger partial charge in [0, 0.05) is 20.1 Å². The lowest BCUT2D eigenvalue weighted by molar-refractivity contribution is 0.477. The number of benzene rings is 2. The normalized spacial score (nSPS) is 11.0. The maximum absolute atomic E-state index is 4.81. The highest BCUT2D eigenvalue weighted by Crippen LogP contribution is 2.09. The Hall–Kier alpha value is -2.42. The summed E-state index contributed by atoms with van der Waals surface area (Å²) in [7, 11) is 2.07. The third kappa shape index (κ3) is 6.63. The molecular formula is C21H27IN6. The average molecular weight is 490 g/mol. The van der Waals surface area contributed by atoms with Crippen LogP contribution in [0.1, 0.15) is 23.6 Å². The van der Waals surface area contributed by atoms with Crippen LogP contribution in [0.4, 0.5) is 0 Å². The Bertz CT molecular complexity index is 848. The molecule has 0 aliphatic carbocycles. The van der Waals surface area contributed by atoms with Crippen molar-refractivity contribution in [3.8, 4) is 0 Å². The molecule has 28 heavy (non-hydrogen) atoms. The van der Waals surface area contributed by atoms with E-state index in [1.54, 1.807) is 12.7 Å². The zero-order valence-electron chi connectivity index (χ0n) is 16.3. The minimum Gasteiger partial charge on any atom is -0.357 e. The standard InChI is InChI=1S/C21H26N6.HI/c1-3-23-21(26(2)14-18-8-5-4-6-9-18)24-13-19-10-7-11-20(12-19)15-27-17-22-16-25-27;/h4-12,16-17H,3,13-15H2,1-2H3,(H,23,24);1H. The Labute approximate surface area is 183 Å². The second kappa shape index (κ2) is 11.4. The average Bonchev–Trinajstić information content (AvgIpc) is 3.19. The highest BCUT2D eigenvalue weighted by molar-refractivity contribution is 14.0. The molecule has 1 heterocycles. The van der Waals surface area contributed by atoms with Gasteiger partial charge in [-0.3, -0.25) is 0 Å². The van der Waals surface area contributed by atoms with Gasteiger partial charge in [-0.25, -0.2) is 14.7 Å². The van der Waals surface area contributed by atoms with Crippen molar-refractivity contribution in [2.75, 3.05) is 13.6 Å². The Morgan fingerprint density at radius 2 is 1.82 bits per heavy atom. The van der Waals surface area contributed by atoms with E-state index in [0.29, 0.717) is 13.1 Å². The minimum atomic E-state index is 0. The Morgan fingerprint density at radius 3 is 2.54 bits per heavy atom. The highest BCUT2D eigenvalue weighted by atomic mass is 127. The number of nitrogens with one attached hydrogen (secondary N) is 1. The van der Waals surface area contributed by atoms with Gasteiger partial charge in [-0.2, -0.15) is 5.10 Å². The summed E-state index contributed by atoms with van der Waals surface area (Å²) >= 11 is 0. The molecule has 3 rings (SSSR count). The molecule has 6 nitrogen and oxygen atoms in total. The van der Waals surface area contributed by atoms with E-state index in [-0.39, 0.29) is 24.0 Å². The van der Waals surface area contributed by atoms with E-state index in [2.05, 4.69) is 82.8 Å². The van der Waals surface area contributed by atoms with Crippen molar-refractivity contribution in [1.29, 1.82) is 0 Å². The fourth-order valence-electron chi connectivity index (χ4n) is 2.90. The van der Waals surface area contributed by atoms with Crippen molar-refractivity contribution in [3.63, 3.8) is 0 Å². The van der Waals surface area contributed by atoms with E-state index in [1.165, 1.54) is 16.7 Å². The monoisotopic (exact) mass is 490 g/mol. The first kappa shape index (κ1) is 21.9. The molecule has 148 valence electrons. The zero-order chi connectivity index (χ0) is 18.9. The summed E-state index contributed by atoms with van der Waals surface area (Å²) in [6, 6.07) is 18.9. The van der Waals surface area contributed by atoms with E-state index >= 15 is 0 Å². The van der Waals surface area contributed by atoms with Crippen molar-refractivity contribution in [3.05, 3.63) is 83.9 Å². The summed E-state index contributed by atoms with van der Waals surface area (Å²) in [5, 5.41) is 7.54. The van der Waals surface area contributed by atoms with E-state index in [0.717, 1.165) is 19.0 Å². The third-order valence-corrected chi connectivity index (χ3v) is 4.17. The molecule has 0 saturated heterocycles. The van der Waals surface area contributed by atoms with Crippen molar-refractivity contribution in [2.45, 2.75) is 26.6 Å². The van der Waals surface area contributed by atoms with Gasteiger partial charge in [-0.1, -0.05) is 54.6 Å². The van der Waals surface area contributed by atoms with Gasteiger partial charge in [0.2, 0.25) is 0 Å². The van der Waals surface area contributed by atoms with Crippen LogP contribution in [0.15, 0.2) is 72.2 Å². The molecule has 1 aromatic heterocycles. The van der Waals surface area contributed by atoms with E-state index in [9.17, 15) is 0 Å². The molecule has 0 saturated carbocycles. The molecule has 0 aliphatic heterocycles. The summed E-state index contributed by atoms with van der Waals surface area (Å²) in [5.41, 5.74) is 3.63. The Balaban J connectivity index is 0.00000280. The number of hydrogen-bond donors (Lipinski definition) is 1. The van der Waals surface area contributed by atoms with Crippen LogP contribution >= 0.6 is 24.0 Å². The molecule has 7 heteroatoms. The van der Waals surface area contributed by atoms with Crippen LogP contribution in [0.3, 0.4) is 0 Å². The SMILES string of the molecule is CCNC(=NCc1cccc(Cn2cncn2)c1)N(C)Cc1ccccc1.I. The van der Waals surface area contributed by atoms with Crippen LogP contribution in [0.5, 0.6) is 0 Å². The van der Waals surface area contributed by atoms with Gasteiger partial charge in [-0.05, 0) is 23.6 Å². The first-order valence-electron chi connectivity index (χ1n) is 9.18. The zero-order valence-corrected chi connectivity index (χ0v) is 18.7. The molecule has 0 bridgehead atoms. The fraction of sp³-hybridized carbons (Fsp3) is 0.286. The van der Waals surface area contributed by atoms with Gasteiger partial charge >= 0.3 is 0 Å². The molecular weight excluding hydrogens is 463 g/mol. The predicted octanol–water partition coefficient (Wildman–Crippen LogP) is 3.54. The Kier molecular flexibility index (Phi) is 8.93. The highest BCUT2D eigenvalue weighted by Gasteiger charge is 2.06. The second-order valence-corrected chi connectivity index (χ2v) is 6.42. The van der Waals surface area contributed by atoms with Crippen molar-refractivity contribution in [2.24, 2.45) is 4.99 Å². The molecule has 0 spiro atoms. The van der Waals surface area contributed by atoms with Gasteiger partial charge in [0.1, 0.15) is 12.7 Å². The molecule has 0 amide bonds. The lowest BCUT2D eigenvalue weighted by Gasteiger charge is -2.22. The van der Waals surface area contributed by atoms with E-state index in [1.807, 2.05) is 10.7 Å². The Morgan fingerprint density at radius 1 is 1.07 bits per heavy atom. The predicted molar refractivity (Wildman–Crippen MR) is 124 cm³/mol. The number of aliphatic imine (C=N–C) groups is 1. The molecule has 3 aromatic rings. The first-order chi connectivity index (χ1) is 13.2. The number of rotatable bonds is 7. The maximum Gasteiger partial charge on any atom is 0.194 e. The van der Waals surface area contributed by atoms with Crippen molar-refractivity contribution < 1.29 is 0 Å². The van der Waals surface area contributed by atoms with Crippen molar-refractivity contribution in [1.82, 2.24) is 25.0 Å². The molecule has 0 aliphatic rings. The molecule has 0 unspecified atom stereocenters. The van der Waals surface area contributed by atoms with Crippen LogP contribution in [-0.2, 0) is 19.6 Å². The molecule has 0 radical (unpaired) electrons. The van der Waals surface area contributed by atoms with Gasteiger partial charge in [0.15, 0.2) is 5.96 Å². The molecule has 2 aromatic carbocycles. The maximum atomic E-state index is 4.81. The number of halogens is 1. The number of nitrogens with zero attached hydrogens (tertiary/aromatic N) is 5. The number of aromatic nitrogens is 3. The topological polar surface area (TPSA) is 58.3 Å². The largest absolute Gasteiger partial charge is 0.357 e. The number of hydrogen-bond acceptors (Lipinski definition) is 3. The summed E-state index contributed by atoms with van der Waals surface area (Å²) in [5.74, 6) is 0.906.